The quantitative estimate of drug-likeness (QED) is 0.282. The topological polar surface area (TPSA) is 59.9 Å². The van der Waals surface area contributed by atoms with Gasteiger partial charge in [-0.1, -0.05) is 48.0 Å². The highest BCUT2D eigenvalue weighted by molar-refractivity contribution is 6.32. The summed E-state index contributed by atoms with van der Waals surface area (Å²) < 4.78 is 10.8. The molecule has 0 unspecified atom stereocenters. The molecule has 27 heavy (non-hydrogen) atoms. The zero-order valence-electron chi connectivity index (χ0n) is 14.6. The van der Waals surface area contributed by atoms with Crippen LogP contribution < -0.4 is 14.9 Å². The second kappa shape index (κ2) is 8.87. The SMILES string of the molecule is COc1cc(C=NNc2ccccc2)cc(Cl)c1OC(=O)c1ccccc1. The van der Waals surface area contributed by atoms with Crippen LogP contribution in [0.2, 0.25) is 5.02 Å². The molecule has 0 saturated carbocycles. The average Bonchev–Trinajstić information content (AvgIpc) is 2.71. The summed E-state index contributed by atoms with van der Waals surface area (Å²) in [5.74, 6) is -0.00269. The van der Waals surface area contributed by atoms with Crippen LogP contribution in [0.1, 0.15) is 15.9 Å². The van der Waals surface area contributed by atoms with E-state index in [0.717, 1.165) is 5.69 Å². The highest BCUT2D eigenvalue weighted by Crippen LogP contribution is 2.36. The number of hydrogen-bond acceptors (Lipinski definition) is 5. The van der Waals surface area contributed by atoms with Crippen molar-refractivity contribution in [3.05, 3.63) is 88.9 Å². The lowest BCUT2D eigenvalue weighted by Crippen LogP contribution is -2.09. The lowest BCUT2D eigenvalue weighted by atomic mass is 10.2. The number of halogens is 1. The fraction of sp³-hybridized carbons (Fsp3) is 0.0476. The summed E-state index contributed by atoms with van der Waals surface area (Å²) in [6.07, 6.45) is 1.60. The molecular formula is C21H17ClN2O3. The van der Waals surface area contributed by atoms with Crippen LogP contribution in [0.15, 0.2) is 77.9 Å². The summed E-state index contributed by atoms with van der Waals surface area (Å²) in [6, 6.07) is 21.6. The monoisotopic (exact) mass is 380 g/mol. The van der Waals surface area contributed by atoms with Gasteiger partial charge in [-0.15, -0.1) is 0 Å². The number of anilines is 1. The van der Waals surface area contributed by atoms with E-state index < -0.39 is 5.97 Å². The van der Waals surface area contributed by atoms with Crippen molar-refractivity contribution in [3.8, 4) is 11.5 Å². The van der Waals surface area contributed by atoms with Crippen LogP contribution in [-0.2, 0) is 0 Å². The summed E-state index contributed by atoms with van der Waals surface area (Å²) in [5, 5.41) is 4.42. The van der Waals surface area contributed by atoms with E-state index in [1.807, 2.05) is 36.4 Å². The van der Waals surface area contributed by atoms with Crippen LogP contribution in [0.5, 0.6) is 11.5 Å². The van der Waals surface area contributed by atoms with Gasteiger partial charge in [-0.05, 0) is 42.0 Å². The number of ether oxygens (including phenoxy) is 2. The largest absolute Gasteiger partial charge is 0.493 e. The molecule has 1 N–H and O–H groups in total. The number of carbonyl (C=O) groups is 1. The Morgan fingerprint density at radius 3 is 2.37 bits per heavy atom. The molecule has 0 spiro atoms. The third-order valence-corrected chi connectivity index (χ3v) is 3.92. The van der Waals surface area contributed by atoms with Gasteiger partial charge in [0.1, 0.15) is 0 Å². The zero-order chi connectivity index (χ0) is 19.1. The molecule has 0 fully saturated rings. The maximum absolute atomic E-state index is 12.3. The number of para-hydroxylation sites is 1. The number of methoxy groups -OCH3 is 1. The van der Waals surface area contributed by atoms with Gasteiger partial charge in [-0.25, -0.2) is 4.79 Å². The maximum Gasteiger partial charge on any atom is 0.343 e. The van der Waals surface area contributed by atoms with Crippen LogP contribution >= 0.6 is 11.6 Å². The molecule has 0 atom stereocenters. The molecule has 0 heterocycles. The molecule has 0 saturated heterocycles. The second-order valence-corrected chi connectivity index (χ2v) is 5.93. The number of nitrogens with zero attached hydrogens (tertiary/aromatic N) is 1. The smallest absolute Gasteiger partial charge is 0.343 e. The van der Waals surface area contributed by atoms with Gasteiger partial charge in [-0.2, -0.15) is 5.10 Å². The Labute approximate surface area is 162 Å². The Bertz CT molecular complexity index is 944. The van der Waals surface area contributed by atoms with Crippen molar-refractivity contribution in [3.63, 3.8) is 0 Å². The molecule has 0 radical (unpaired) electrons. The van der Waals surface area contributed by atoms with Gasteiger partial charge in [0.25, 0.3) is 0 Å². The predicted molar refractivity (Wildman–Crippen MR) is 107 cm³/mol. The molecule has 5 nitrogen and oxygen atoms in total. The number of nitrogens with one attached hydrogen (secondary N) is 1. The minimum atomic E-state index is -0.511. The van der Waals surface area contributed by atoms with Gasteiger partial charge >= 0.3 is 5.97 Å². The van der Waals surface area contributed by atoms with Crippen molar-refractivity contribution >= 4 is 29.5 Å². The molecule has 136 valence electrons. The van der Waals surface area contributed by atoms with Crippen molar-refractivity contribution in [2.45, 2.75) is 0 Å². The van der Waals surface area contributed by atoms with Gasteiger partial charge in [0, 0.05) is 0 Å². The van der Waals surface area contributed by atoms with Crippen LogP contribution in [0.25, 0.3) is 0 Å². The van der Waals surface area contributed by atoms with Crippen LogP contribution in [-0.4, -0.2) is 19.3 Å². The number of rotatable bonds is 6. The van der Waals surface area contributed by atoms with E-state index in [1.54, 1.807) is 42.6 Å². The molecule has 3 aromatic rings. The van der Waals surface area contributed by atoms with E-state index in [1.165, 1.54) is 7.11 Å². The molecule has 0 aliphatic heterocycles. The Hall–Kier alpha value is -3.31. The van der Waals surface area contributed by atoms with E-state index in [2.05, 4.69) is 10.5 Å². The first-order valence-electron chi connectivity index (χ1n) is 8.16. The van der Waals surface area contributed by atoms with Crippen molar-refractivity contribution in [1.29, 1.82) is 0 Å². The lowest BCUT2D eigenvalue weighted by Gasteiger charge is -2.12. The molecule has 0 aromatic heterocycles. The zero-order valence-corrected chi connectivity index (χ0v) is 15.3. The highest BCUT2D eigenvalue weighted by atomic mass is 35.5. The average molecular weight is 381 g/mol. The molecule has 0 aliphatic carbocycles. The van der Waals surface area contributed by atoms with Gasteiger partial charge in [0.15, 0.2) is 11.5 Å². The third-order valence-electron chi connectivity index (χ3n) is 3.64. The van der Waals surface area contributed by atoms with Crippen molar-refractivity contribution in [2.24, 2.45) is 5.10 Å². The number of benzene rings is 3. The lowest BCUT2D eigenvalue weighted by molar-refractivity contribution is 0.0730. The summed E-state index contributed by atoms with van der Waals surface area (Å²) in [4.78, 5) is 12.3. The van der Waals surface area contributed by atoms with Gasteiger partial charge < -0.3 is 9.47 Å². The minimum absolute atomic E-state index is 0.168. The predicted octanol–water partition coefficient (Wildman–Crippen LogP) is 5.01. The van der Waals surface area contributed by atoms with Crippen molar-refractivity contribution < 1.29 is 14.3 Å². The molecule has 0 bridgehead atoms. The molecule has 0 amide bonds. The molecular weight excluding hydrogens is 364 g/mol. The van der Waals surface area contributed by atoms with Crippen LogP contribution in [0, 0.1) is 0 Å². The van der Waals surface area contributed by atoms with E-state index in [-0.39, 0.29) is 10.8 Å². The van der Waals surface area contributed by atoms with Crippen molar-refractivity contribution in [1.82, 2.24) is 0 Å². The number of hydrazone groups is 1. The summed E-state index contributed by atoms with van der Waals surface area (Å²) in [7, 11) is 1.48. The molecule has 3 aromatic carbocycles. The maximum atomic E-state index is 12.3. The fourth-order valence-corrected chi connectivity index (χ4v) is 2.59. The summed E-state index contributed by atoms with van der Waals surface area (Å²) in [6.45, 7) is 0. The number of esters is 1. The number of hydrogen-bond donors (Lipinski definition) is 1. The Morgan fingerprint density at radius 1 is 1.04 bits per heavy atom. The van der Waals surface area contributed by atoms with E-state index in [0.29, 0.717) is 16.9 Å². The first-order valence-corrected chi connectivity index (χ1v) is 8.54. The van der Waals surface area contributed by atoms with E-state index >= 15 is 0 Å². The van der Waals surface area contributed by atoms with Crippen molar-refractivity contribution in [2.75, 3.05) is 12.5 Å². The number of carbonyl (C=O) groups excluding carboxylic acids is 1. The Balaban J connectivity index is 1.77. The van der Waals surface area contributed by atoms with Gasteiger partial charge in [-0.3, -0.25) is 5.43 Å². The molecule has 3 rings (SSSR count). The van der Waals surface area contributed by atoms with E-state index in [4.69, 9.17) is 21.1 Å². The van der Waals surface area contributed by atoms with Gasteiger partial charge in [0.2, 0.25) is 0 Å². The van der Waals surface area contributed by atoms with E-state index in [9.17, 15) is 4.79 Å². The molecule has 0 aliphatic rings. The summed E-state index contributed by atoms with van der Waals surface area (Å²) >= 11 is 6.30. The second-order valence-electron chi connectivity index (χ2n) is 5.53. The Morgan fingerprint density at radius 2 is 1.70 bits per heavy atom. The van der Waals surface area contributed by atoms with Crippen LogP contribution in [0.4, 0.5) is 5.69 Å². The normalized spacial score (nSPS) is 10.6. The highest BCUT2D eigenvalue weighted by Gasteiger charge is 2.16. The molecule has 6 heteroatoms. The first-order chi connectivity index (χ1) is 13.2. The first kappa shape index (κ1) is 18.5. The summed E-state index contributed by atoms with van der Waals surface area (Å²) in [5.41, 5.74) is 4.90. The Kier molecular flexibility index (Phi) is 6.07. The minimum Gasteiger partial charge on any atom is -0.493 e. The third kappa shape index (κ3) is 4.86. The fourth-order valence-electron chi connectivity index (χ4n) is 2.33. The van der Waals surface area contributed by atoms with Gasteiger partial charge in [0.05, 0.1) is 29.6 Å². The standard InChI is InChI=1S/C21H17ClN2O3/c1-26-19-13-15(14-23-24-17-10-6-3-7-11-17)12-18(22)20(19)27-21(25)16-8-4-2-5-9-16/h2-14,24H,1H3. The van der Waals surface area contributed by atoms with Crippen LogP contribution in [0.3, 0.4) is 0 Å².